The van der Waals surface area contributed by atoms with Crippen LogP contribution in [0.25, 0.3) is 0 Å². The molecule has 0 spiro atoms. The number of hydrogen-bond acceptors (Lipinski definition) is 3. The lowest BCUT2D eigenvalue weighted by Gasteiger charge is -2.31. The minimum absolute atomic E-state index is 0.193. The van der Waals surface area contributed by atoms with Crippen LogP contribution < -0.4 is 0 Å². The number of thiol groups is 1. The van der Waals surface area contributed by atoms with Gasteiger partial charge in [0.25, 0.3) is 0 Å². The molecule has 4 heteroatoms. The van der Waals surface area contributed by atoms with Gasteiger partial charge >= 0.3 is 0 Å². The zero-order chi connectivity index (χ0) is 10.8. The van der Waals surface area contributed by atoms with Crippen LogP contribution in [-0.4, -0.2) is 40.4 Å². The first-order chi connectivity index (χ1) is 7.16. The summed E-state index contributed by atoms with van der Waals surface area (Å²) in [4.78, 5) is 13.4. The molecule has 3 nitrogen and oxygen atoms in total. The second-order valence-electron chi connectivity index (χ2n) is 4.77. The lowest BCUT2D eigenvalue weighted by molar-refractivity contribution is -0.128. The molecule has 2 rings (SSSR count). The van der Waals surface area contributed by atoms with Crippen LogP contribution in [0.2, 0.25) is 0 Å². The Labute approximate surface area is 96.2 Å². The molecule has 2 aliphatic rings. The Hall–Kier alpha value is -0.220. The number of amides is 1. The van der Waals surface area contributed by atoms with E-state index in [0.29, 0.717) is 12.3 Å². The second kappa shape index (κ2) is 4.74. The van der Waals surface area contributed by atoms with Gasteiger partial charge in [-0.05, 0) is 12.8 Å². The Kier molecular flexibility index (Phi) is 3.57. The van der Waals surface area contributed by atoms with Gasteiger partial charge in [-0.15, -0.1) is 0 Å². The number of hydrogen-bond donors (Lipinski definition) is 2. The minimum atomic E-state index is -0.203. The van der Waals surface area contributed by atoms with Crippen LogP contribution in [0.1, 0.15) is 32.1 Å². The number of aliphatic hydroxyl groups is 1. The maximum absolute atomic E-state index is 11.6. The number of nitrogens with zero attached hydrogens (tertiary/aromatic N) is 1. The highest BCUT2D eigenvalue weighted by molar-refractivity contribution is 7.81. The highest BCUT2D eigenvalue weighted by atomic mass is 32.1. The van der Waals surface area contributed by atoms with Crippen molar-refractivity contribution in [2.45, 2.75) is 43.5 Å². The van der Waals surface area contributed by atoms with E-state index in [1.54, 1.807) is 0 Å². The Morgan fingerprint density at radius 3 is 2.73 bits per heavy atom. The van der Waals surface area contributed by atoms with Gasteiger partial charge in [-0.3, -0.25) is 4.79 Å². The molecule has 1 amide bonds. The van der Waals surface area contributed by atoms with Crippen LogP contribution in [0.15, 0.2) is 0 Å². The molecule has 15 heavy (non-hydrogen) atoms. The zero-order valence-corrected chi connectivity index (χ0v) is 9.83. The predicted molar refractivity (Wildman–Crippen MR) is 61.9 cm³/mol. The average Bonchev–Trinajstić information content (AvgIpc) is 2.49. The molecule has 1 saturated carbocycles. The summed E-state index contributed by atoms with van der Waals surface area (Å²) in [5.41, 5.74) is 0. The van der Waals surface area contributed by atoms with E-state index in [4.69, 9.17) is 0 Å². The Balaban J connectivity index is 1.87. The molecule has 1 aliphatic carbocycles. The third-order valence-corrected chi connectivity index (χ3v) is 3.86. The second-order valence-corrected chi connectivity index (χ2v) is 5.50. The van der Waals surface area contributed by atoms with Gasteiger partial charge in [0, 0.05) is 30.7 Å². The molecule has 0 bridgehead atoms. The number of likely N-dealkylation sites (tertiary alicyclic amines) is 1. The number of rotatable bonds is 2. The first kappa shape index (κ1) is 11.3. The monoisotopic (exact) mass is 229 g/mol. The van der Waals surface area contributed by atoms with Crippen molar-refractivity contribution in [3.8, 4) is 0 Å². The SMILES string of the molecule is O=C1CC(S)CN1CC1CCCCC1O. The molecule has 1 saturated heterocycles. The first-order valence-electron chi connectivity index (χ1n) is 5.80. The fourth-order valence-electron chi connectivity index (χ4n) is 2.61. The standard InChI is InChI=1S/C11H19NO2S/c13-10-4-2-1-3-8(10)6-12-7-9(15)5-11(12)14/h8-10,13,15H,1-7H2. The number of carbonyl (C=O) groups is 1. The van der Waals surface area contributed by atoms with Gasteiger partial charge in [-0.25, -0.2) is 0 Å². The summed E-state index contributed by atoms with van der Waals surface area (Å²) < 4.78 is 0. The molecule has 1 heterocycles. The van der Waals surface area contributed by atoms with Gasteiger partial charge in [-0.1, -0.05) is 12.8 Å². The highest BCUT2D eigenvalue weighted by Gasteiger charge is 2.32. The fraction of sp³-hybridized carbons (Fsp3) is 0.909. The van der Waals surface area contributed by atoms with Crippen molar-refractivity contribution >= 4 is 18.5 Å². The molecule has 1 N–H and O–H groups in total. The summed E-state index contributed by atoms with van der Waals surface area (Å²) in [5, 5.41) is 10.0. The van der Waals surface area contributed by atoms with E-state index in [1.165, 1.54) is 6.42 Å². The fourth-order valence-corrected chi connectivity index (χ4v) is 2.97. The van der Waals surface area contributed by atoms with Crippen molar-refractivity contribution in [2.24, 2.45) is 5.92 Å². The number of carbonyl (C=O) groups excluding carboxylic acids is 1. The molecular formula is C11H19NO2S. The van der Waals surface area contributed by atoms with Crippen LogP contribution >= 0.6 is 12.6 Å². The van der Waals surface area contributed by atoms with Crippen LogP contribution in [0.3, 0.4) is 0 Å². The molecule has 0 radical (unpaired) electrons. The van der Waals surface area contributed by atoms with Gasteiger partial charge in [-0.2, -0.15) is 12.6 Å². The largest absolute Gasteiger partial charge is 0.393 e. The number of aliphatic hydroxyl groups excluding tert-OH is 1. The van der Waals surface area contributed by atoms with E-state index in [9.17, 15) is 9.90 Å². The molecule has 0 aromatic heterocycles. The van der Waals surface area contributed by atoms with Crippen molar-refractivity contribution in [3.05, 3.63) is 0 Å². The van der Waals surface area contributed by atoms with Crippen LogP contribution in [0.5, 0.6) is 0 Å². The minimum Gasteiger partial charge on any atom is -0.393 e. The lowest BCUT2D eigenvalue weighted by atomic mass is 9.86. The average molecular weight is 229 g/mol. The normalized spacial score (nSPS) is 37.3. The summed E-state index contributed by atoms with van der Waals surface area (Å²) in [6.45, 7) is 1.49. The summed E-state index contributed by atoms with van der Waals surface area (Å²) in [6.07, 6.45) is 4.63. The highest BCUT2D eigenvalue weighted by Crippen LogP contribution is 2.27. The van der Waals surface area contributed by atoms with Crippen molar-refractivity contribution in [1.82, 2.24) is 4.90 Å². The van der Waals surface area contributed by atoms with Crippen LogP contribution in [-0.2, 0) is 4.79 Å². The predicted octanol–water partition coefficient (Wildman–Crippen LogP) is 1.07. The lowest BCUT2D eigenvalue weighted by Crippen LogP contribution is -2.37. The quantitative estimate of drug-likeness (QED) is 0.695. The molecule has 86 valence electrons. The molecule has 2 fully saturated rings. The molecule has 0 aromatic rings. The Bertz CT molecular complexity index is 247. The van der Waals surface area contributed by atoms with Gasteiger partial charge in [0.2, 0.25) is 5.91 Å². The smallest absolute Gasteiger partial charge is 0.223 e. The molecular weight excluding hydrogens is 210 g/mol. The third-order valence-electron chi connectivity index (χ3n) is 3.52. The van der Waals surface area contributed by atoms with E-state index in [1.807, 2.05) is 4.90 Å². The van der Waals surface area contributed by atoms with Gasteiger partial charge in [0.15, 0.2) is 0 Å². The van der Waals surface area contributed by atoms with E-state index in [0.717, 1.165) is 32.4 Å². The summed E-state index contributed by atoms with van der Waals surface area (Å²) >= 11 is 4.33. The molecule has 3 atom stereocenters. The molecule has 0 aromatic carbocycles. The van der Waals surface area contributed by atoms with Gasteiger partial charge in [0.05, 0.1) is 6.10 Å². The van der Waals surface area contributed by atoms with E-state index in [-0.39, 0.29) is 17.3 Å². The topological polar surface area (TPSA) is 40.5 Å². The van der Waals surface area contributed by atoms with Crippen molar-refractivity contribution in [1.29, 1.82) is 0 Å². The van der Waals surface area contributed by atoms with Crippen LogP contribution in [0.4, 0.5) is 0 Å². The molecule has 1 aliphatic heterocycles. The van der Waals surface area contributed by atoms with Crippen molar-refractivity contribution < 1.29 is 9.90 Å². The van der Waals surface area contributed by atoms with Gasteiger partial charge in [0.1, 0.15) is 0 Å². The maximum atomic E-state index is 11.6. The Morgan fingerprint density at radius 1 is 1.40 bits per heavy atom. The summed E-state index contributed by atoms with van der Waals surface area (Å²) in [6, 6.07) is 0. The van der Waals surface area contributed by atoms with E-state index >= 15 is 0 Å². The van der Waals surface area contributed by atoms with Crippen molar-refractivity contribution in [3.63, 3.8) is 0 Å². The third kappa shape index (κ3) is 2.67. The van der Waals surface area contributed by atoms with E-state index < -0.39 is 0 Å². The summed E-state index contributed by atoms with van der Waals surface area (Å²) in [5.74, 6) is 0.495. The maximum Gasteiger partial charge on any atom is 0.223 e. The first-order valence-corrected chi connectivity index (χ1v) is 6.32. The van der Waals surface area contributed by atoms with Crippen LogP contribution in [0, 0.1) is 5.92 Å². The summed E-state index contributed by atoms with van der Waals surface area (Å²) in [7, 11) is 0. The molecule has 3 unspecified atom stereocenters. The Morgan fingerprint density at radius 2 is 2.13 bits per heavy atom. The van der Waals surface area contributed by atoms with E-state index in [2.05, 4.69) is 12.6 Å². The van der Waals surface area contributed by atoms with Gasteiger partial charge < -0.3 is 10.0 Å². The zero-order valence-electron chi connectivity index (χ0n) is 8.93. The van der Waals surface area contributed by atoms with Crippen molar-refractivity contribution in [2.75, 3.05) is 13.1 Å².